The maximum Gasteiger partial charge on any atom is 0.329 e. The summed E-state index contributed by atoms with van der Waals surface area (Å²) in [6, 6.07) is 2.99. The summed E-state index contributed by atoms with van der Waals surface area (Å²) in [5.74, 6) is -1.57. The van der Waals surface area contributed by atoms with Gasteiger partial charge in [-0.05, 0) is 42.9 Å². The van der Waals surface area contributed by atoms with Crippen molar-refractivity contribution in [2.75, 3.05) is 18.1 Å². The molecule has 1 aliphatic rings. The number of ether oxygens (including phenoxy) is 1. The van der Waals surface area contributed by atoms with E-state index in [1.807, 2.05) is 0 Å². The van der Waals surface area contributed by atoms with Gasteiger partial charge < -0.3 is 15.2 Å². The van der Waals surface area contributed by atoms with E-state index in [4.69, 9.17) is 4.74 Å². The highest BCUT2D eigenvalue weighted by atomic mass is 32.2. The molecule has 0 atom stereocenters. The maximum atomic E-state index is 13.4. The summed E-state index contributed by atoms with van der Waals surface area (Å²) in [6.07, 6.45) is 1.17. The number of carbonyl (C=O) groups excluding carboxylic acids is 1. The fourth-order valence-electron chi connectivity index (χ4n) is 2.45. The number of aliphatic carboxylic acids is 1. The van der Waals surface area contributed by atoms with Crippen molar-refractivity contribution in [2.45, 2.75) is 31.2 Å². The van der Waals surface area contributed by atoms with Crippen molar-refractivity contribution >= 4 is 23.6 Å². The van der Waals surface area contributed by atoms with Crippen LogP contribution in [0, 0.1) is 11.6 Å². The Balaban J connectivity index is 1.77. The fraction of sp³-hybridized carbons (Fsp3) is 0.500. The lowest BCUT2D eigenvalue weighted by Crippen LogP contribution is -2.56. The Morgan fingerprint density at radius 3 is 2.62 bits per heavy atom. The van der Waals surface area contributed by atoms with Crippen molar-refractivity contribution in [3.05, 3.63) is 29.8 Å². The van der Waals surface area contributed by atoms with E-state index in [9.17, 15) is 23.5 Å². The van der Waals surface area contributed by atoms with Gasteiger partial charge >= 0.3 is 5.97 Å². The Hall–Kier alpha value is -1.83. The topological polar surface area (TPSA) is 75.6 Å². The highest BCUT2D eigenvalue weighted by molar-refractivity contribution is 7.99. The minimum atomic E-state index is -1.19. The van der Waals surface area contributed by atoms with Gasteiger partial charge in [0.15, 0.2) is 11.6 Å². The van der Waals surface area contributed by atoms with E-state index in [-0.39, 0.29) is 24.7 Å². The zero-order valence-corrected chi connectivity index (χ0v) is 13.8. The van der Waals surface area contributed by atoms with Crippen LogP contribution in [-0.4, -0.2) is 40.6 Å². The van der Waals surface area contributed by atoms with Crippen LogP contribution in [0.3, 0.4) is 0 Å². The second-order valence-electron chi connectivity index (χ2n) is 5.57. The van der Waals surface area contributed by atoms with E-state index < -0.39 is 23.1 Å². The molecular formula is C16H19F2NO4S. The quantitative estimate of drug-likeness (QED) is 0.732. The molecule has 0 unspecified atom stereocenters. The molecule has 5 nitrogen and oxygen atoms in total. The van der Waals surface area contributed by atoms with Crippen LogP contribution >= 0.6 is 11.8 Å². The van der Waals surface area contributed by atoms with Crippen molar-refractivity contribution in [1.82, 2.24) is 5.32 Å². The SMILES string of the molecule is O=C(CCCOc1ccc(F)cc1F)NC1(C(=O)O)CCSCC1. The van der Waals surface area contributed by atoms with Crippen molar-refractivity contribution in [1.29, 1.82) is 0 Å². The lowest BCUT2D eigenvalue weighted by Gasteiger charge is -2.33. The van der Waals surface area contributed by atoms with Gasteiger partial charge in [-0.2, -0.15) is 11.8 Å². The first kappa shape index (κ1) is 18.5. The van der Waals surface area contributed by atoms with Gasteiger partial charge in [-0.3, -0.25) is 4.79 Å². The van der Waals surface area contributed by atoms with Crippen molar-refractivity contribution in [3.63, 3.8) is 0 Å². The van der Waals surface area contributed by atoms with Gasteiger partial charge in [0.2, 0.25) is 5.91 Å². The summed E-state index contributed by atoms with van der Waals surface area (Å²) in [4.78, 5) is 23.5. The van der Waals surface area contributed by atoms with E-state index in [1.165, 1.54) is 6.07 Å². The first-order valence-corrected chi connectivity index (χ1v) is 8.78. The molecule has 8 heteroatoms. The molecule has 1 amide bonds. The molecule has 24 heavy (non-hydrogen) atoms. The number of carboxylic acids is 1. The zero-order valence-electron chi connectivity index (χ0n) is 13.0. The highest BCUT2D eigenvalue weighted by Crippen LogP contribution is 2.27. The van der Waals surface area contributed by atoms with Gasteiger partial charge in [-0.25, -0.2) is 13.6 Å². The molecule has 0 bridgehead atoms. The molecular weight excluding hydrogens is 340 g/mol. The number of amides is 1. The van der Waals surface area contributed by atoms with Gasteiger partial charge in [0, 0.05) is 12.5 Å². The van der Waals surface area contributed by atoms with Gasteiger partial charge in [0.1, 0.15) is 11.4 Å². The summed E-state index contributed by atoms with van der Waals surface area (Å²) in [6.45, 7) is 0.0753. The van der Waals surface area contributed by atoms with Crippen molar-refractivity contribution in [3.8, 4) is 5.75 Å². The first-order chi connectivity index (χ1) is 11.4. The average molecular weight is 359 g/mol. The number of carboxylic acid groups (broad SMARTS) is 1. The second kappa shape index (κ2) is 8.32. The van der Waals surface area contributed by atoms with E-state index >= 15 is 0 Å². The predicted molar refractivity (Wildman–Crippen MR) is 86.2 cm³/mol. The summed E-state index contributed by atoms with van der Waals surface area (Å²) >= 11 is 1.67. The average Bonchev–Trinajstić information content (AvgIpc) is 2.54. The number of hydrogen-bond acceptors (Lipinski definition) is 4. The molecule has 0 aliphatic carbocycles. The lowest BCUT2D eigenvalue weighted by molar-refractivity contribution is -0.148. The summed E-state index contributed by atoms with van der Waals surface area (Å²) in [7, 11) is 0. The van der Waals surface area contributed by atoms with Crippen LogP contribution in [0.2, 0.25) is 0 Å². The fourth-order valence-corrected chi connectivity index (χ4v) is 3.64. The standard InChI is InChI=1S/C16H19F2NO4S/c17-11-3-4-13(12(18)10-11)23-7-1-2-14(20)19-16(15(21)22)5-8-24-9-6-16/h3-4,10H,1-2,5-9H2,(H,19,20)(H,21,22). The Bertz CT molecular complexity index is 606. The number of thioether (sulfide) groups is 1. The smallest absolute Gasteiger partial charge is 0.329 e. The minimum Gasteiger partial charge on any atom is -0.491 e. The van der Waals surface area contributed by atoms with Crippen LogP contribution in [0.5, 0.6) is 5.75 Å². The Kier molecular flexibility index (Phi) is 6.42. The molecule has 0 spiro atoms. The maximum absolute atomic E-state index is 13.4. The summed E-state index contributed by atoms with van der Waals surface area (Å²) in [5, 5.41) is 12.0. The zero-order chi connectivity index (χ0) is 17.6. The Labute approximate surface area is 142 Å². The van der Waals surface area contributed by atoms with Crippen LogP contribution in [0.4, 0.5) is 8.78 Å². The van der Waals surface area contributed by atoms with Crippen LogP contribution < -0.4 is 10.1 Å². The van der Waals surface area contributed by atoms with Gasteiger partial charge in [-0.1, -0.05) is 0 Å². The molecule has 1 fully saturated rings. The van der Waals surface area contributed by atoms with Crippen LogP contribution in [0.1, 0.15) is 25.7 Å². The third-order valence-electron chi connectivity index (χ3n) is 3.83. The molecule has 1 saturated heterocycles. The molecule has 0 radical (unpaired) electrons. The van der Waals surface area contributed by atoms with E-state index in [0.717, 1.165) is 12.1 Å². The van der Waals surface area contributed by atoms with Crippen LogP contribution in [-0.2, 0) is 9.59 Å². The molecule has 0 saturated carbocycles. The van der Waals surface area contributed by atoms with Gasteiger partial charge in [0.05, 0.1) is 6.61 Å². The second-order valence-corrected chi connectivity index (χ2v) is 6.80. The largest absolute Gasteiger partial charge is 0.491 e. The van der Waals surface area contributed by atoms with Crippen LogP contribution in [0.15, 0.2) is 18.2 Å². The Morgan fingerprint density at radius 1 is 1.29 bits per heavy atom. The van der Waals surface area contributed by atoms with E-state index in [0.29, 0.717) is 30.8 Å². The van der Waals surface area contributed by atoms with Crippen LogP contribution in [0.25, 0.3) is 0 Å². The van der Waals surface area contributed by atoms with E-state index in [2.05, 4.69) is 5.32 Å². The number of halogens is 2. The molecule has 1 aromatic carbocycles. The van der Waals surface area contributed by atoms with Crippen molar-refractivity contribution in [2.24, 2.45) is 0 Å². The number of carbonyl (C=O) groups is 2. The lowest BCUT2D eigenvalue weighted by atomic mass is 9.92. The molecule has 2 N–H and O–H groups in total. The monoisotopic (exact) mass is 359 g/mol. The number of hydrogen-bond donors (Lipinski definition) is 2. The predicted octanol–water partition coefficient (Wildman–Crippen LogP) is 2.59. The third kappa shape index (κ3) is 4.83. The normalized spacial score (nSPS) is 16.4. The molecule has 2 rings (SSSR count). The van der Waals surface area contributed by atoms with Gasteiger partial charge in [-0.15, -0.1) is 0 Å². The minimum absolute atomic E-state index is 0.0744. The molecule has 0 aromatic heterocycles. The summed E-state index contributed by atoms with van der Waals surface area (Å²) < 4.78 is 31.3. The number of nitrogens with one attached hydrogen (secondary N) is 1. The molecule has 1 heterocycles. The molecule has 132 valence electrons. The third-order valence-corrected chi connectivity index (χ3v) is 4.82. The number of rotatable bonds is 7. The van der Waals surface area contributed by atoms with Gasteiger partial charge in [0.25, 0.3) is 0 Å². The summed E-state index contributed by atoms with van der Waals surface area (Å²) in [5.41, 5.74) is -1.19. The van der Waals surface area contributed by atoms with Crippen molar-refractivity contribution < 1.29 is 28.2 Å². The first-order valence-electron chi connectivity index (χ1n) is 7.63. The number of benzene rings is 1. The highest BCUT2D eigenvalue weighted by Gasteiger charge is 2.41. The molecule has 1 aromatic rings. The molecule has 1 aliphatic heterocycles. The van der Waals surface area contributed by atoms with E-state index in [1.54, 1.807) is 11.8 Å². The Morgan fingerprint density at radius 2 is 2.00 bits per heavy atom.